The third kappa shape index (κ3) is 6.33. The molecule has 0 aromatic heterocycles. The predicted molar refractivity (Wildman–Crippen MR) is 120 cm³/mol. The molecule has 1 amide bonds. The van der Waals surface area contributed by atoms with Crippen LogP contribution in [0.3, 0.4) is 0 Å². The Morgan fingerprint density at radius 3 is 1.90 bits per heavy atom. The SMILES string of the molecule is O=C(COc1ccc(OCc2ccccc2)cc1)N1CC[NH+](Cc2ccccc2)CC1. The Morgan fingerprint density at radius 2 is 1.29 bits per heavy atom. The molecule has 5 heteroatoms. The predicted octanol–water partition coefficient (Wildman–Crippen LogP) is 2.57. The second kappa shape index (κ2) is 10.6. The zero-order valence-corrected chi connectivity index (χ0v) is 17.7. The molecule has 0 aliphatic carbocycles. The lowest BCUT2D eigenvalue weighted by atomic mass is 10.2. The van der Waals surface area contributed by atoms with E-state index in [0.717, 1.165) is 44.0 Å². The fourth-order valence-electron chi connectivity index (χ4n) is 3.74. The molecular weight excluding hydrogens is 388 g/mol. The molecule has 5 nitrogen and oxygen atoms in total. The van der Waals surface area contributed by atoms with Crippen molar-refractivity contribution in [3.63, 3.8) is 0 Å². The second-order valence-corrected chi connectivity index (χ2v) is 7.83. The molecule has 1 saturated heterocycles. The van der Waals surface area contributed by atoms with Crippen LogP contribution in [0.1, 0.15) is 11.1 Å². The summed E-state index contributed by atoms with van der Waals surface area (Å²) in [6.07, 6.45) is 0. The van der Waals surface area contributed by atoms with Gasteiger partial charge in [0, 0.05) is 5.56 Å². The van der Waals surface area contributed by atoms with Gasteiger partial charge in [-0.15, -0.1) is 0 Å². The smallest absolute Gasteiger partial charge is 0.260 e. The van der Waals surface area contributed by atoms with Gasteiger partial charge in [0.2, 0.25) is 0 Å². The van der Waals surface area contributed by atoms with Gasteiger partial charge >= 0.3 is 0 Å². The van der Waals surface area contributed by atoms with Crippen LogP contribution in [-0.4, -0.2) is 43.6 Å². The largest absolute Gasteiger partial charge is 0.489 e. The first-order chi connectivity index (χ1) is 15.3. The minimum Gasteiger partial charge on any atom is -0.489 e. The summed E-state index contributed by atoms with van der Waals surface area (Å²) in [6.45, 7) is 5.09. The van der Waals surface area contributed by atoms with Gasteiger partial charge in [-0.05, 0) is 29.8 Å². The minimum atomic E-state index is 0.0446. The normalized spacial score (nSPS) is 14.3. The van der Waals surface area contributed by atoms with Gasteiger partial charge in [0.05, 0.1) is 26.2 Å². The molecule has 1 fully saturated rings. The lowest BCUT2D eigenvalue weighted by molar-refractivity contribution is -0.917. The highest BCUT2D eigenvalue weighted by atomic mass is 16.5. The van der Waals surface area contributed by atoms with E-state index < -0.39 is 0 Å². The second-order valence-electron chi connectivity index (χ2n) is 7.83. The molecule has 4 rings (SSSR count). The molecule has 1 N–H and O–H groups in total. The molecule has 0 radical (unpaired) electrons. The summed E-state index contributed by atoms with van der Waals surface area (Å²) in [5.74, 6) is 1.50. The van der Waals surface area contributed by atoms with Gasteiger partial charge in [-0.3, -0.25) is 4.79 Å². The number of piperazine rings is 1. The molecule has 0 atom stereocenters. The van der Waals surface area contributed by atoms with Crippen molar-refractivity contribution in [2.24, 2.45) is 0 Å². The van der Waals surface area contributed by atoms with E-state index in [2.05, 4.69) is 24.3 Å². The number of hydrogen-bond acceptors (Lipinski definition) is 3. The highest BCUT2D eigenvalue weighted by molar-refractivity contribution is 5.77. The van der Waals surface area contributed by atoms with Gasteiger partial charge in [0.25, 0.3) is 5.91 Å². The van der Waals surface area contributed by atoms with E-state index in [-0.39, 0.29) is 12.5 Å². The number of benzene rings is 3. The number of nitrogens with zero attached hydrogens (tertiary/aromatic N) is 1. The van der Waals surface area contributed by atoms with E-state index in [1.165, 1.54) is 10.5 Å². The van der Waals surface area contributed by atoms with Gasteiger partial charge in [-0.2, -0.15) is 0 Å². The van der Waals surface area contributed by atoms with Crippen molar-refractivity contribution in [1.29, 1.82) is 0 Å². The fourth-order valence-corrected chi connectivity index (χ4v) is 3.74. The first-order valence-corrected chi connectivity index (χ1v) is 10.8. The van der Waals surface area contributed by atoms with Gasteiger partial charge in [-0.25, -0.2) is 0 Å². The van der Waals surface area contributed by atoms with Crippen molar-refractivity contribution < 1.29 is 19.2 Å². The fraction of sp³-hybridized carbons (Fsp3) is 0.269. The summed E-state index contributed by atoms with van der Waals surface area (Å²) < 4.78 is 11.5. The molecule has 0 saturated carbocycles. The minimum absolute atomic E-state index is 0.0446. The van der Waals surface area contributed by atoms with Crippen molar-refractivity contribution >= 4 is 5.91 Å². The van der Waals surface area contributed by atoms with Gasteiger partial charge in [0.15, 0.2) is 6.61 Å². The monoisotopic (exact) mass is 417 g/mol. The Kier molecular flexibility index (Phi) is 7.19. The maximum absolute atomic E-state index is 12.5. The van der Waals surface area contributed by atoms with Crippen molar-refractivity contribution in [2.75, 3.05) is 32.8 Å². The molecule has 160 valence electrons. The average molecular weight is 418 g/mol. The molecule has 0 bridgehead atoms. The third-order valence-electron chi connectivity index (χ3n) is 5.55. The average Bonchev–Trinajstić information content (AvgIpc) is 2.84. The van der Waals surface area contributed by atoms with Crippen LogP contribution in [0.2, 0.25) is 0 Å². The van der Waals surface area contributed by atoms with E-state index in [1.807, 2.05) is 65.6 Å². The number of rotatable bonds is 8. The summed E-state index contributed by atoms with van der Waals surface area (Å²) in [5, 5.41) is 0. The van der Waals surface area contributed by atoms with Crippen LogP contribution < -0.4 is 14.4 Å². The first-order valence-electron chi connectivity index (χ1n) is 10.8. The van der Waals surface area contributed by atoms with Gasteiger partial charge in [-0.1, -0.05) is 60.7 Å². The molecule has 3 aromatic rings. The van der Waals surface area contributed by atoms with E-state index in [4.69, 9.17) is 9.47 Å². The molecule has 1 aliphatic rings. The third-order valence-corrected chi connectivity index (χ3v) is 5.55. The van der Waals surface area contributed by atoms with Crippen molar-refractivity contribution in [3.8, 4) is 11.5 Å². The number of nitrogens with one attached hydrogen (secondary N) is 1. The van der Waals surface area contributed by atoms with E-state index in [1.54, 1.807) is 0 Å². The van der Waals surface area contributed by atoms with Crippen LogP contribution in [-0.2, 0) is 17.9 Å². The van der Waals surface area contributed by atoms with Crippen LogP contribution in [0.5, 0.6) is 11.5 Å². The van der Waals surface area contributed by atoms with Crippen LogP contribution in [0.25, 0.3) is 0 Å². The van der Waals surface area contributed by atoms with Gasteiger partial charge < -0.3 is 19.3 Å². The van der Waals surface area contributed by atoms with Crippen molar-refractivity contribution in [1.82, 2.24) is 4.90 Å². The quantitative estimate of drug-likeness (QED) is 0.613. The van der Waals surface area contributed by atoms with E-state index in [9.17, 15) is 4.79 Å². The lowest BCUT2D eigenvalue weighted by Gasteiger charge is -2.32. The maximum Gasteiger partial charge on any atom is 0.260 e. The zero-order valence-electron chi connectivity index (χ0n) is 17.7. The van der Waals surface area contributed by atoms with Gasteiger partial charge in [0.1, 0.15) is 24.7 Å². The molecule has 3 aromatic carbocycles. The maximum atomic E-state index is 12.5. The molecular formula is C26H29N2O3+. The highest BCUT2D eigenvalue weighted by Gasteiger charge is 2.23. The number of carbonyl (C=O) groups excluding carboxylic acids is 1. The molecule has 0 unspecified atom stereocenters. The summed E-state index contributed by atoms with van der Waals surface area (Å²) in [5.41, 5.74) is 2.47. The summed E-state index contributed by atoms with van der Waals surface area (Å²) >= 11 is 0. The number of hydrogen-bond donors (Lipinski definition) is 1. The Labute approximate surface area is 183 Å². The molecule has 1 heterocycles. The molecule has 0 spiro atoms. The van der Waals surface area contributed by atoms with Crippen LogP contribution in [0, 0.1) is 0 Å². The lowest BCUT2D eigenvalue weighted by Crippen LogP contribution is -3.13. The van der Waals surface area contributed by atoms with Crippen LogP contribution >= 0.6 is 0 Å². The summed E-state index contributed by atoms with van der Waals surface area (Å²) in [6, 6.07) is 28.0. The van der Waals surface area contributed by atoms with Crippen LogP contribution in [0.15, 0.2) is 84.9 Å². The van der Waals surface area contributed by atoms with E-state index >= 15 is 0 Å². The Morgan fingerprint density at radius 1 is 0.742 bits per heavy atom. The Hall–Kier alpha value is -3.31. The number of ether oxygens (including phenoxy) is 2. The highest BCUT2D eigenvalue weighted by Crippen LogP contribution is 2.18. The first kappa shape index (κ1) is 20.9. The van der Waals surface area contributed by atoms with Crippen molar-refractivity contribution in [2.45, 2.75) is 13.2 Å². The number of quaternary nitrogens is 1. The Bertz CT molecular complexity index is 937. The standard InChI is InChI=1S/C26H28N2O3/c29-26(28-17-15-27(16-18-28)19-22-7-3-1-4-8-22)21-31-25-13-11-24(12-14-25)30-20-23-9-5-2-6-10-23/h1-14H,15-21H2/p+1. The zero-order chi connectivity index (χ0) is 21.3. The van der Waals surface area contributed by atoms with Crippen molar-refractivity contribution in [3.05, 3.63) is 96.1 Å². The molecule has 31 heavy (non-hydrogen) atoms. The van der Waals surface area contributed by atoms with E-state index in [0.29, 0.717) is 12.4 Å². The number of amides is 1. The summed E-state index contributed by atoms with van der Waals surface area (Å²) in [4.78, 5) is 16.0. The number of carbonyl (C=O) groups is 1. The summed E-state index contributed by atoms with van der Waals surface area (Å²) in [7, 11) is 0. The molecule has 1 aliphatic heterocycles. The van der Waals surface area contributed by atoms with Crippen LogP contribution in [0.4, 0.5) is 0 Å². The Balaban J connectivity index is 1.17. The topological polar surface area (TPSA) is 43.2 Å².